The molecule has 140 valence electrons. The Morgan fingerprint density at radius 1 is 1.32 bits per heavy atom. The normalized spacial score (nSPS) is 13.0. The van der Waals surface area contributed by atoms with Crippen molar-refractivity contribution in [3.8, 4) is 0 Å². The zero-order valence-corrected chi connectivity index (χ0v) is 16.7. The molecule has 0 aliphatic rings. The second kappa shape index (κ2) is 7.89. The lowest BCUT2D eigenvalue weighted by molar-refractivity contribution is -0.147. The van der Waals surface area contributed by atoms with Crippen molar-refractivity contribution in [2.75, 3.05) is 5.73 Å². The van der Waals surface area contributed by atoms with E-state index < -0.39 is 0 Å². The van der Waals surface area contributed by atoms with Crippen molar-refractivity contribution in [3.63, 3.8) is 0 Å². The molecular weight excluding hydrogens is 314 g/mol. The molecule has 0 bridgehead atoms. The van der Waals surface area contributed by atoms with E-state index in [1.54, 1.807) is 6.08 Å². The van der Waals surface area contributed by atoms with Gasteiger partial charge < -0.3 is 10.3 Å². The molecule has 5 nitrogen and oxygen atoms in total. The summed E-state index contributed by atoms with van der Waals surface area (Å²) in [5.41, 5.74) is 7.95. The van der Waals surface area contributed by atoms with Gasteiger partial charge in [-0.1, -0.05) is 54.2 Å². The van der Waals surface area contributed by atoms with E-state index in [0.717, 1.165) is 11.3 Å². The van der Waals surface area contributed by atoms with Gasteiger partial charge in [0, 0.05) is 30.6 Å². The molecule has 25 heavy (non-hydrogen) atoms. The summed E-state index contributed by atoms with van der Waals surface area (Å²) in [7, 11) is 0. The van der Waals surface area contributed by atoms with Crippen LogP contribution in [-0.2, 0) is 22.7 Å². The lowest BCUT2D eigenvalue weighted by atomic mass is 9.96. The molecule has 1 aromatic rings. The second-order valence-electron chi connectivity index (χ2n) is 8.30. The molecule has 1 rings (SSSR count). The van der Waals surface area contributed by atoms with Gasteiger partial charge in [-0.25, -0.2) is 0 Å². The molecule has 1 unspecified atom stereocenters. The summed E-state index contributed by atoms with van der Waals surface area (Å²) in [6.45, 7) is 18.3. The van der Waals surface area contributed by atoms with Crippen LogP contribution in [0.3, 0.4) is 0 Å². The Kier molecular flexibility index (Phi) is 6.63. The molecule has 0 aliphatic heterocycles. The minimum absolute atomic E-state index is 0.0105. The summed E-state index contributed by atoms with van der Waals surface area (Å²) in [6, 6.07) is 1.91. The van der Waals surface area contributed by atoms with Crippen molar-refractivity contribution in [3.05, 3.63) is 23.9 Å². The maximum atomic E-state index is 12.7. The van der Waals surface area contributed by atoms with Crippen molar-refractivity contribution < 1.29 is 9.59 Å². The molecule has 0 fully saturated rings. The third-order valence-electron chi connectivity index (χ3n) is 4.46. The SMILES string of the molecule is C=Cc1cc(CN(C(C)=O)C(=O)C(C)C(C)C)n(CC(C)(C)C)c1N. The summed E-state index contributed by atoms with van der Waals surface area (Å²) < 4.78 is 1.99. The van der Waals surface area contributed by atoms with E-state index in [2.05, 4.69) is 27.4 Å². The standard InChI is InChI=1S/C20H33N3O2/c1-9-16-10-17(23(18(16)21)12-20(6,7)8)11-22(15(5)24)19(25)14(4)13(2)3/h9-10,13-14H,1,11-12,21H2,2-8H3. The van der Waals surface area contributed by atoms with Gasteiger partial charge in [0.05, 0.1) is 6.54 Å². The Balaban J connectivity index is 3.27. The molecule has 1 atom stereocenters. The first-order valence-electron chi connectivity index (χ1n) is 8.81. The van der Waals surface area contributed by atoms with E-state index in [1.807, 2.05) is 31.4 Å². The van der Waals surface area contributed by atoms with Crippen LogP contribution in [0, 0.1) is 17.3 Å². The molecule has 2 N–H and O–H groups in total. The average Bonchev–Trinajstić information content (AvgIpc) is 2.77. The lowest BCUT2D eigenvalue weighted by Gasteiger charge is -2.27. The van der Waals surface area contributed by atoms with Crippen molar-refractivity contribution in [1.82, 2.24) is 9.47 Å². The summed E-state index contributed by atoms with van der Waals surface area (Å²) >= 11 is 0. The van der Waals surface area contributed by atoms with Gasteiger partial charge in [0.15, 0.2) is 0 Å². The molecule has 5 heteroatoms. The maximum Gasteiger partial charge on any atom is 0.232 e. The number of hydrogen-bond acceptors (Lipinski definition) is 3. The number of imide groups is 1. The Bertz CT molecular complexity index is 651. The van der Waals surface area contributed by atoms with Crippen molar-refractivity contribution in [2.24, 2.45) is 17.3 Å². The molecule has 0 saturated carbocycles. The fourth-order valence-electron chi connectivity index (χ4n) is 2.63. The zero-order valence-electron chi connectivity index (χ0n) is 16.7. The Labute approximate surface area is 151 Å². The number of anilines is 1. The topological polar surface area (TPSA) is 68.3 Å². The van der Waals surface area contributed by atoms with E-state index in [1.165, 1.54) is 11.8 Å². The smallest absolute Gasteiger partial charge is 0.232 e. The summed E-state index contributed by atoms with van der Waals surface area (Å²) in [5.74, 6) is 0.174. The highest BCUT2D eigenvalue weighted by atomic mass is 16.2. The average molecular weight is 348 g/mol. The van der Waals surface area contributed by atoms with Crippen LogP contribution in [0.4, 0.5) is 5.82 Å². The fraction of sp³-hybridized carbons (Fsp3) is 0.600. The van der Waals surface area contributed by atoms with Crippen LogP contribution in [0.25, 0.3) is 6.08 Å². The number of aromatic nitrogens is 1. The van der Waals surface area contributed by atoms with Crippen molar-refractivity contribution in [1.29, 1.82) is 0 Å². The molecule has 0 spiro atoms. The van der Waals surface area contributed by atoms with Gasteiger partial charge in [0.1, 0.15) is 5.82 Å². The first kappa shape index (κ1) is 21.0. The summed E-state index contributed by atoms with van der Waals surface area (Å²) in [6.07, 6.45) is 1.70. The van der Waals surface area contributed by atoms with Crippen LogP contribution < -0.4 is 5.73 Å². The highest BCUT2D eigenvalue weighted by molar-refractivity contribution is 5.95. The predicted octanol–water partition coefficient (Wildman–Crippen LogP) is 3.93. The highest BCUT2D eigenvalue weighted by Crippen LogP contribution is 2.27. The predicted molar refractivity (Wildman–Crippen MR) is 104 cm³/mol. The Hall–Kier alpha value is -2.04. The number of rotatable bonds is 6. The van der Waals surface area contributed by atoms with Gasteiger partial charge in [-0.05, 0) is 17.4 Å². The van der Waals surface area contributed by atoms with Gasteiger partial charge in [-0.15, -0.1) is 0 Å². The number of amides is 2. The fourth-order valence-corrected chi connectivity index (χ4v) is 2.63. The first-order chi connectivity index (χ1) is 11.4. The number of carbonyl (C=O) groups excluding carboxylic acids is 2. The summed E-state index contributed by atoms with van der Waals surface area (Å²) in [4.78, 5) is 26.2. The number of nitrogen functional groups attached to an aromatic ring is 1. The van der Waals surface area contributed by atoms with E-state index in [-0.39, 0.29) is 35.6 Å². The molecular formula is C20H33N3O2. The molecule has 1 aromatic heterocycles. The molecule has 2 amide bonds. The van der Waals surface area contributed by atoms with Crippen molar-refractivity contribution >= 4 is 23.7 Å². The van der Waals surface area contributed by atoms with Crippen LogP contribution in [0.15, 0.2) is 12.6 Å². The van der Waals surface area contributed by atoms with Crippen LogP contribution in [0.2, 0.25) is 0 Å². The lowest BCUT2D eigenvalue weighted by Crippen LogP contribution is -2.40. The molecule has 0 radical (unpaired) electrons. The second-order valence-corrected chi connectivity index (χ2v) is 8.30. The van der Waals surface area contributed by atoms with E-state index in [9.17, 15) is 9.59 Å². The monoisotopic (exact) mass is 347 g/mol. The number of hydrogen-bond donors (Lipinski definition) is 1. The number of carbonyl (C=O) groups is 2. The number of nitrogens with two attached hydrogens (primary N) is 1. The summed E-state index contributed by atoms with van der Waals surface area (Å²) in [5, 5.41) is 0. The quantitative estimate of drug-likeness (QED) is 0.848. The van der Waals surface area contributed by atoms with E-state index in [0.29, 0.717) is 12.4 Å². The van der Waals surface area contributed by atoms with Crippen molar-refractivity contribution in [2.45, 2.75) is 61.6 Å². The van der Waals surface area contributed by atoms with Crippen LogP contribution in [0.5, 0.6) is 0 Å². The van der Waals surface area contributed by atoms with E-state index >= 15 is 0 Å². The first-order valence-corrected chi connectivity index (χ1v) is 8.81. The molecule has 0 aliphatic carbocycles. The van der Waals surface area contributed by atoms with Crippen LogP contribution >= 0.6 is 0 Å². The maximum absolute atomic E-state index is 12.7. The van der Waals surface area contributed by atoms with E-state index in [4.69, 9.17) is 5.73 Å². The van der Waals surface area contributed by atoms with Crippen LogP contribution in [0.1, 0.15) is 59.7 Å². The van der Waals surface area contributed by atoms with Gasteiger partial charge in [0.2, 0.25) is 11.8 Å². The van der Waals surface area contributed by atoms with Crippen LogP contribution in [-0.4, -0.2) is 21.3 Å². The van der Waals surface area contributed by atoms with Gasteiger partial charge >= 0.3 is 0 Å². The van der Waals surface area contributed by atoms with Gasteiger partial charge in [-0.3, -0.25) is 14.5 Å². The largest absolute Gasteiger partial charge is 0.385 e. The Morgan fingerprint density at radius 3 is 2.28 bits per heavy atom. The minimum atomic E-state index is -0.250. The number of nitrogens with zero attached hydrogens (tertiary/aromatic N) is 2. The third kappa shape index (κ3) is 5.21. The minimum Gasteiger partial charge on any atom is -0.385 e. The molecule has 1 heterocycles. The van der Waals surface area contributed by atoms with Gasteiger partial charge in [0.25, 0.3) is 0 Å². The zero-order chi connectivity index (χ0) is 19.5. The molecule has 0 saturated heterocycles. The van der Waals surface area contributed by atoms with Gasteiger partial charge in [-0.2, -0.15) is 0 Å². The Morgan fingerprint density at radius 2 is 1.88 bits per heavy atom. The highest BCUT2D eigenvalue weighted by Gasteiger charge is 2.28. The molecule has 0 aromatic carbocycles. The third-order valence-corrected chi connectivity index (χ3v) is 4.46.